The summed E-state index contributed by atoms with van der Waals surface area (Å²) >= 11 is 0. The molecule has 1 saturated carbocycles. The lowest BCUT2D eigenvalue weighted by Crippen LogP contribution is -2.38. The van der Waals surface area contributed by atoms with Crippen molar-refractivity contribution in [2.24, 2.45) is 5.41 Å². The predicted molar refractivity (Wildman–Crippen MR) is 84.0 cm³/mol. The van der Waals surface area contributed by atoms with Crippen molar-refractivity contribution in [2.75, 3.05) is 5.01 Å². The number of furan rings is 1. The maximum atomic E-state index is 13.2. The molecule has 1 saturated heterocycles. The first-order chi connectivity index (χ1) is 10.8. The summed E-state index contributed by atoms with van der Waals surface area (Å²) in [6, 6.07) is 13.6. The van der Waals surface area contributed by atoms with Gasteiger partial charge >= 0.3 is 0 Å². The van der Waals surface area contributed by atoms with Crippen LogP contribution in [-0.4, -0.2) is 5.91 Å². The van der Waals surface area contributed by atoms with E-state index in [4.69, 9.17) is 4.42 Å². The molecule has 4 nitrogen and oxygen atoms in total. The highest BCUT2D eigenvalue weighted by Gasteiger charge is 2.56. The van der Waals surface area contributed by atoms with Crippen LogP contribution in [0.1, 0.15) is 43.9 Å². The minimum absolute atomic E-state index is 0.0736. The Morgan fingerprint density at radius 2 is 1.82 bits per heavy atom. The van der Waals surface area contributed by atoms with Crippen LogP contribution in [0, 0.1) is 5.41 Å². The van der Waals surface area contributed by atoms with Crippen molar-refractivity contribution >= 4 is 11.6 Å². The molecule has 1 amide bonds. The summed E-state index contributed by atoms with van der Waals surface area (Å²) in [6.07, 6.45) is 6.95. The second-order valence-electron chi connectivity index (χ2n) is 6.27. The molecule has 1 N–H and O–H groups in total. The van der Waals surface area contributed by atoms with Gasteiger partial charge in [0, 0.05) is 0 Å². The van der Waals surface area contributed by atoms with Gasteiger partial charge in [-0.2, -0.15) is 0 Å². The molecule has 1 spiro atoms. The molecule has 1 atom stereocenters. The van der Waals surface area contributed by atoms with Gasteiger partial charge in [-0.15, -0.1) is 0 Å². The van der Waals surface area contributed by atoms with Crippen molar-refractivity contribution in [3.05, 3.63) is 54.5 Å². The van der Waals surface area contributed by atoms with Crippen LogP contribution in [0.25, 0.3) is 0 Å². The number of amides is 1. The minimum Gasteiger partial charge on any atom is -0.468 e. The number of hydrogen-bond donors (Lipinski definition) is 1. The van der Waals surface area contributed by atoms with Gasteiger partial charge < -0.3 is 4.42 Å². The van der Waals surface area contributed by atoms with Gasteiger partial charge in [-0.3, -0.25) is 4.79 Å². The van der Waals surface area contributed by atoms with Gasteiger partial charge in [0.15, 0.2) is 0 Å². The highest BCUT2D eigenvalue weighted by atomic mass is 16.3. The van der Waals surface area contributed by atoms with Gasteiger partial charge in [-0.05, 0) is 37.1 Å². The molecule has 2 aromatic rings. The normalized spacial score (nSPS) is 24.1. The van der Waals surface area contributed by atoms with Crippen LogP contribution in [0.15, 0.2) is 53.1 Å². The fourth-order valence-electron chi connectivity index (χ4n) is 3.90. The van der Waals surface area contributed by atoms with E-state index in [2.05, 4.69) is 5.43 Å². The molecule has 0 radical (unpaired) electrons. The quantitative estimate of drug-likeness (QED) is 0.916. The molecular weight excluding hydrogens is 276 g/mol. The van der Waals surface area contributed by atoms with Crippen LogP contribution >= 0.6 is 0 Å². The zero-order chi connectivity index (χ0) is 15.0. The van der Waals surface area contributed by atoms with Crippen molar-refractivity contribution in [3.63, 3.8) is 0 Å². The number of nitrogens with zero attached hydrogens (tertiary/aromatic N) is 1. The summed E-state index contributed by atoms with van der Waals surface area (Å²) < 4.78 is 5.64. The first kappa shape index (κ1) is 13.6. The van der Waals surface area contributed by atoms with Crippen molar-refractivity contribution in [2.45, 2.75) is 38.1 Å². The molecule has 2 heterocycles. The van der Waals surface area contributed by atoms with Gasteiger partial charge in [0.05, 0.1) is 23.4 Å². The van der Waals surface area contributed by atoms with E-state index >= 15 is 0 Å². The van der Waals surface area contributed by atoms with Crippen LogP contribution in [0.4, 0.5) is 5.69 Å². The van der Waals surface area contributed by atoms with Crippen molar-refractivity contribution in [1.82, 2.24) is 5.43 Å². The van der Waals surface area contributed by atoms with Crippen LogP contribution in [0.5, 0.6) is 0 Å². The van der Waals surface area contributed by atoms with E-state index in [1.807, 2.05) is 42.5 Å². The Morgan fingerprint density at radius 1 is 1.05 bits per heavy atom. The Labute approximate surface area is 130 Å². The lowest BCUT2D eigenvalue weighted by atomic mass is 9.69. The molecule has 1 unspecified atom stereocenters. The molecule has 2 fully saturated rings. The predicted octanol–water partition coefficient (Wildman–Crippen LogP) is 3.82. The minimum atomic E-state index is -0.369. The SMILES string of the molecule is O=C1N(c2ccccc2)NC(c2ccco2)C12CCCCC2. The number of hydrogen-bond acceptors (Lipinski definition) is 3. The number of hydrazine groups is 1. The van der Waals surface area contributed by atoms with Crippen LogP contribution in [0.2, 0.25) is 0 Å². The number of nitrogens with one attached hydrogen (secondary N) is 1. The molecule has 1 aliphatic carbocycles. The molecule has 4 rings (SSSR count). The highest BCUT2D eigenvalue weighted by Crippen LogP contribution is 2.51. The fraction of sp³-hybridized carbons (Fsp3) is 0.389. The van der Waals surface area contributed by atoms with Gasteiger partial charge in [-0.25, -0.2) is 10.4 Å². The molecule has 114 valence electrons. The van der Waals surface area contributed by atoms with Crippen LogP contribution < -0.4 is 10.4 Å². The maximum absolute atomic E-state index is 13.2. The number of para-hydroxylation sites is 1. The van der Waals surface area contributed by atoms with Crippen LogP contribution in [0.3, 0.4) is 0 Å². The molecule has 1 aromatic heterocycles. The van der Waals surface area contributed by atoms with Crippen molar-refractivity contribution in [1.29, 1.82) is 0 Å². The third kappa shape index (κ3) is 1.98. The number of rotatable bonds is 2. The molecule has 22 heavy (non-hydrogen) atoms. The number of carbonyl (C=O) groups excluding carboxylic acids is 1. The van der Waals surface area contributed by atoms with Crippen molar-refractivity contribution in [3.8, 4) is 0 Å². The number of carbonyl (C=O) groups is 1. The molecule has 1 aromatic carbocycles. The average Bonchev–Trinajstić information content (AvgIpc) is 3.18. The zero-order valence-corrected chi connectivity index (χ0v) is 12.5. The van der Waals surface area contributed by atoms with Crippen molar-refractivity contribution < 1.29 is 9.21 Å². The van der Waals surface area contributed by atoms with Crippen LogP contribution in [-0.2, 0) is 4.79 Å². The van der Waals surface area contributed by atoms with E-state index in [-0.39, 0.29) is 17.4 Å². The summed E-state index contributed by atoms with van der Waals surface area (Å²) in [7, 11) is 0. The first-order valence-electron chi connectivity index (χ1n) is 8.00. The Kier molecular flexibility index (Phi) is 3.26. The van der Waals surface area contributed by atoms with E-state index in [1.54, 1.807) is 11.3 Å². The number of anilines is 1. The molecule has 2 aliphatic rings. The smallest absolute Gasteiger partial charge is 0.249 e. The third-order valence-corrected chi connectivity index (χ3v) is 5.03. The second-order valence-corrected chi connectivity index (χ2v) is 6.27. The summed E-state index contributed by atoms with van der Waals surface area (Å²) in [5.41, 5.74) is 3.94. The molecular formula is C18H20N2O2. The number of benzene rings is 1. The van der Waals surface area contributed by atoms with Gasteiger partial charge in [0.1, 0.15) is 5.76 Å². The topological polar surface area (TPSA) is 45.5 Å². The third-order valence-electron chi connectivity index (χ3n) is 5.03. The standard InChI is InChI=1S/C18H20N2O2/c21-17-18(11-5-2-6-12-18)16(15-10-7-13-22-15)19-20(17)14-8-3-1-4-9-14/h1,3-4,7-10,13,16,19H,2,5-6,11-12H2. The lowest BCUT2D eigenvalue weighted by Gasteiger charge is -2.34. The Bertz CT molecular complexity index is 645. The summed E-state index contributed by atoms with van der Waals surface area (Å²) in [4.78, 5) is 13.2. The Balaban J connectivity index is 1.75. The van der Waals surface area contributed by atoms with E-state index in [1.165, 1.54) is 6.42 Å². The summed E-state index contributed by atoms with van der Waals surface area (Å²) in [6.45, 7) is 0. The van der Waals surface area contributed by atoms with Gasteiger partial charge in [0.2, 0.25) is 5.91 Å². The second kappa shape index (κ2) is 5.29. The van der Waals surface area contributed by atoms with E-state index in [0.29, 0.717) is 0 Å². The monoisotopic (exact) mass is 296 g/mol. The highest BCUT2D eigenvalue weighted by molar-refractivity contribution is 5.99. The molecule has 0 bridgehead atoms. The lowest BCUT2D eigenvalue weighted by molar-refractivity contribution is -0.128. The van der Waals surface area contributed by atoms with Gasteiger partial charge in [0.25, 0.3) is 0 Å². The van der Waals surface area contributed by atoms with E-state index in [9.17, 15) is 4.79 Å². The maximum Gasteiger partial charge on any atom is 0.249 e. The first-order valence-corrected chi connectivity index (χ1v) is 8.00. The Hall–Kier alpha value is -2.07. The summed E-state index contributed by atoms with van der Waals surface area (Å²) in [5, 5.41) is 1.72. The zero-order valence-electron chi connectivity index (χ0n) is 12.5. The fourth-order valence-corrected chi connectivity index (χ4v) is 3.90. The van der Waals surface area contributed by atoms with E-state index < -0.39 is 0 Å². The average molecular weight is 296 g/mol. The molecule has 1 aliphatic heterocycles. The summed E-state index contributed by atoms with van der Waals surface area (Å²) in [5.74, 6) is 1.04. The van der Waals surface area contributed by atoms with E-state index in [0.717, 1.165) is 37.1 Å². The van der Waals surface area contributed by atoms with Gasteiger partial charge in [-0.1, -0.05) is 37.5 Å². The molecule has 4 heteroatoms. The largest absolute Gasteiger partial charge is 0.468 e. The Morgan fingerprint density at radius 3 is 2.50 bits per heavy atom.